The summed E-state index contributed by atoms with van der Waals surface area (Å²) in [4.78, 5) is 31.0. The van der Waals surface area contributed by atoms with E-state index in [0.29, 0.717) is 6.29 Å². The predicted octanol–water partition coefficient (Wildman–Crippen LogP) is 2.26. The fraction of sp³-hybridized carbons (Fsp3) is 0.462. The van der Waals surface area contributed by atoms with Crippen LogP contribution in [-0.2, 0) is 9.32 Å². The zero-order chi connectivity index (χ0) is 19.0. The predicted molar refractivity (Wildman–Crippen MR) is 90.2 cm³/mol. The van der Waals surface area contributed by atoms with Crippen LogP contribution in [0.25, 0.3) is 0 Å². The zero-order valence-electron chi connectivity index (χ0n) is 13.9. The van der Waals surface area contributed by atoms with Crippen molar-refractivity contribution < 1.29 is 23.9 Å². The summed E-state index contributed by atoms with van der Waals surface area (Å²) in [6.45, 7) is 5.07. The Morgan fingerprint density at radius 1 is 1.20 bits per heavy atom. The van der Waals surface area contributed by atoms with Gasteiger partial charge in [-0.25, -0.2) is 0 Å². The normalized spacial score (nSPS) is 13.3. The summed E-state index contributed by atoms with van der Waals surface area (Å²) < 4.78 is 10.7. The van der Waals surface area contributed by atoms with E-state index < -0.39 is 35.7 Å². The van der Waals surface area contributed by atoms with E-state index >= 15 is 0 Å². The maximum atomic E-state index is 11.0. The highest BCUT2D eigenvalue weighted by molar-refractivity contribution is 7.48. The minimum absolute atomic E-state index is 0.0613. The van der Waals surface area contributed by atoms with Gasteiger partial charge in [-0.15, -0.1) is 0 Å². The molecular formula is C13H19N4O7P. The first-order valence-electron chi connectivity index (χ1n) is 7.21. The van der Waals surface area contributed by atoms with Crippen LogP contribution in [-0.4, -0.2) is 35.0 Å². The lowest BCUT2D eigenvalue weighted by Crippen LogP contribution is -2.32. The highest BCUT2D eigenvalue weighted by Crippen LogP contribution is 2.33. The number of rotatable bonds is 11. The molecule has 2 atom stereocenters. The molecule has 2 N–H and O–H groups in total. The molecule has 0 aliphatic carbocycles. The van der Waals surface area contributed by atoms with Crippen LogP contribution in [0, 0.1) is 20.2 Å². The number of ether oxygens (including phenoxy) is 1. The summed E-state index contributed by atoms with van der Waals surface area (Å²) in [5.41, 5.74) is -0.946. The molecule has 1 aromatic rings. The van der Waals surface area contributed by atoms with Gasteiger partial charge in [0.25, 0.3) is 5.69 Å². The molecule has 0 aliphatic rings. The third-order valence-electron chi connectivity index (χ3n) is 2.65. The van der Waals surface area contributed by atoms with Gasteiger partial charge in [0.05, 0.1) is 22.0 Å². The summed E-state index contributed by atoms with van der Waals surface area (Å²) in [6.07, 6.45) is 0.711. The van der Waals surface area contributed by atoms with Gasteiger partial charge in [0.2, 0.25) is 0 Å². The number of hydrogen-bond donors (Lipinski definition) is 2. The quantitative estimate of drug-likeness (QED) is 0.196. The highest BCUT2D eigenvalue weighted by Gasteiger charge is 2.21. The molecule has 12 heteroatoms. The summed E-state index contributed by atoms with van der Waals surface area (Å²) in [7, 11) is -1.42. The molecule has 11 nitrogen and oxygen atoms in total. The molecule has 0 fully saturated rings. The van der Waals surface area contributed by atoms with E-state index in [0.717, 1.165) is 18.2 Å². The van der Waals surface area contributed by atoms with Gasteiger partial charge in [-0.1, -0.05) is 0 Å². The molecule has 0 aromatic heterocycles. The third kappa shape index (κ3) is 7.06. The molecular weight excluding hydrogens is 355 g/mol. The number of aldehydes is 1. The highest BCUT2D eigenvalue weighted by atomic mass is 31.2. The van der Waals surface area contributed by atoms with E-state index in [2.05, 4.69) is 10.2 Å². The minimum atomic E-state index is -1.42. The number of hydrogen-bond acceptors (Lipinski definition) is 9. The van der Waals surface area contributed by atoms with E-state index in [1.54, 1.807) is 6.92 Å². The Labute approximate surface area is 144 Å². The lowest BCUT2D eigenvalue weighted by Gasteiger charge is -2.22. The third-order valence-corrected chi connectivity index (χ3v) is 4.40. The van der Waals surface area contributed by atoms with Gasteiger partial charge < -0.3 is 9.53 Å². The van der Waals surface area contributed by atoms with Gasteiger partial charge in [0.1, 0.15) is 6.29 Å². The van der Waals surface area contributed by atoms with E-state index in [9.17, 15) is 25.0 Å². The molecule has 0 radical (unpaired) electrons. The van der Waals surface area contributed by atoms with Crippen LogP contribution in [0.4, 0.5) is 11.4 Å². The molecule has 25 heavy (non-hydrogen) atoms. The molecule has 1 aromatic carbocycles. The maximum Gasteiger partial charge on any atom is 0.317 e. The Kier molecular flexibility index (Phi) is 8.29. The molecule has 0 saturated heterocycles. The molecule has 0 aliphatic heterocycles. The Hall–Kier alpha value is -2.20. The summed E-state index contributed by atoms with van der Waals surface area (Å²) in [5, 5.41) is 27.7. The number of carbonyl (C=O) groups excluding carboxylic acids is 1. The van der Waals surface area contributed by atoms with Crippen molar-refractivity contribution in [2.75, 3.05) is 6.79 Å². The van der Waals surface area contributed by atoms with Crippen LogP contribution in [0.3, 0.4) is 0 Å². The minimum Gasteiger partial charge on any atom is -0.460 e. The van der Waals surface area contributed by atoms with Gasteiger partial charge in [-0.3, -0.25) is 34.9 Å². The second-order valence-electron chi connectivity index (χ2n) is 5.19. The Morgan fingerprint density at radius 2 is 1.88 bits per heavy atom. The van der Waals surface area contributed by atoms with Gasteiger partial charge in [0.15, 0.2) is 21.0 Å². The van der Waals surface area contributed by atoms with E-state index in [1.807, 2.05) is 13.8 Å². The molecule has 0 saturated carbocycles. The van der Waals surface area contributed by atoms with Crippen molar-refractivity contribution in [3.63, 3.8) is 0 Å². The monoisotopic (exact) mass is 374 g/mol. The standard InChI is InChI=1S/C13H19N4O7P/c1-9(2)14-25(15-10(3)7-18)24-8-23-13-5-4-11(16(19)20)6-12(13)17(21)22/h4-7,9-10,14-15H,8H2,1-3H3. The smallest absolute Gasteiger partial charge is 0.317 e. The number of non-ortho nitro benzene ring substituents is 1. The largest absolute Gasteiger partial charge is 0.460 e. The van der Waals surface area contributed by atoms with Gasteiger partial charge in [-0.2, -0.15) is 0 Å². The summed E-state index contributed by atoms with van der Waals surface area (Å²) in [5.74, 6) is -0.154. The van der Waals surface area contributed by atoms with Crippen LogP contribution in [0.1, 0.15) is 20.8 Å². The van der Waals surface area contributed by atoms with Crippen LogP contribution in [0.15, 0.2) is 18.2 Å². The number of carbonyl (C=O) groups is 1. The first-order valence-corrected chi connectivity index (χ1v) is 8.46. The van der Waals surface area contributed by atoms with E-state index in [4.69, 9.17) is 9.26 Å². The second kappa shape index (κ2) is 9.94. The van der Waals surface area contributed by atoms with Crippen LogP contribution in [0.2, 0.25) is 0 Å². The summed E-state index contributed by atoms with van der Waals surface area (Å²) in [6, 6.07) is 2.66. The zero-order valence-corrected chi connectivity index (χ0v) is 14.8. The van der Waals surface area contributed by atoms with Gasteiger partial charge in [0, 0.05) is 12.1 Å². The molecule has 0 heterocycles. The number of nitrogens with one attached hydrogen (secondary N) is 2. The number of nitro benzene ring substituents is 2. The van der Waals surface area contributed by atoms with Crippen molar-refractivity contribution in [2.45, 2.75) is 32.9 Å². The first kappa shape index (κ1) is 20.8. The molecule has 0 spiro atoms. The fourth-order valence-electron chi connectivity index (χ4n) is 1.59. The van der Waals surface area contributed by atoms with Gasteiger partial charge in [-0.05, 0) is 26.8 Å². The molecule has 0 amide bonds. The average molecular weight is 374 g/mol. The Balaban J connectivity index is 2.76. The molecule has 138 valence electrons. The second-order valence-corrected chi connectivity index (χ2v) is 6.55. The van der Waals surface area contributed by atoms with Crippen LogP contribution < -0.4 is 14.9 Å². The first-order chi connectivity index (χ1) is 11.7. The average Bonchev–Trinajstić information content (AvgIpc) is 2.53. The summed E-state index contributed by atoms with van der Waals surface area (Å²) >= 11 is 0. The van der Waals surface area contributed by atoms with Crippen molar-refractivity contribution >= 4 is 26.1 Å². The Bertz CT molecular complexity index is 628. The lowest BCUT2D eigenvalue weighted by atomic mass is 10.2. The number of nitrogens with zero attached hydrogens (tertiary/aromatic N) is 2. The van der Waals surface area contributed by atoms with Crippen LogP contribution in [0.5, 0.6) is 5.75 Å². The van der Waals surface area contributed by atoms with Crippen LogP contribution >= 0.6 is 8.45 Å². The van der Waals surface area contributed by atoms with Crippen molar-refractivity contribution in [1.29, 1.82) is 0 Å². The van der Waals surface area contributed by atoms with E-state index in [1.165, 1.54) is 0 Å². The van der Waals surface area contributed by atoms with Crippen molar-refractivity contribution in [1.82, 2.24) is 10.2 Å². The van der Waals surface area contributed by atoms with Crippen molar-refractivity contribution in [2.24, 2.45) is 0 Å². The van der Waals surface area contributed by atoms with Crippen molar-refractivity contribution in [3.8, 4) is 5.75 Å². The SMILES string of the molecule is CC(C)NP(NC(C)C=O)OCOc1ccc([N+](=O)[O-])cc1[N+](=O)[O-]. The van der Waals surface area contributed by atoms with Crippen molar-refractivity contribution in [3.05, 3.63) is 38.4 Å². The molecule has 0 bridgehead atoms. The number of nitro groups is 2. The molecule has 1 rings (SSSR count). The number of benzene rings is 1. The molecule has 2 unspecified atom stereocenters. The lowest BCUT2D eigenvalue weighted by molar-refractivity contribution is -0.394. The fourth-order valence-corrected chi connectivity index (χ4v) is 2.87. The Morgan fingerprint density at radius 3 is 2.40 bits per heavy atom. The van der Waals surface area contributed by atoms with Gasteiger partial charge >= 0.3 is 5.69 Å². The topological polar surface area (TPSA) is 146 Å². The van der Waals surface area contributed by atoms with E-state index in [-0.39, 0.29) is 18.6 Å². The maximum absolute atomic E-state index is 11.0.